The average Bonchev–Trinajstić information content (AvgIpc) is 3.20. The monoisotopic (exact) mass is 401 g/mol. The molecule has 1 aromatic heterocycles. The zero-order valence-electron chi connectivity index (χ0n) is 17.1. The molecule has 2 aromatic rings. The number of thiophene rings is 1. The van der Waals surface area contributed by atoms with Crippen LogP contribution in [0, 0.1) is 0 Å². The molecule has 0 bridgehead atoms. The number of nitrogens with one attached hydrogen (secondary N) is 3. The van der Waals surface area contributed by atoms with Crippen molar-refractivity contribution in [3.63, 3.8) is 0 Å². The number of amides is 2. The fraction of sp³-hybridized carbons (Fsp3) is 0.455. The standard InChI is InChI=1S/C22H31N3O2S/c1-5-16(4)17-8-10-18(11-9-17)22(19-7-6-12-28-19)24-13-20(26)23-14-21(27)25-15(2)3/h6-12,15-16,22,24H,5,13-14H2,1-4H3,(H,23,26)(H,25,27)/t16-,22+/m1/s1. The summed E-state index contributed by atoms with van der Waals surface area (Å²) in [6, 6.07) is 12.7. The van der Waals surface area contributed by atoms with E-state index in [0.29, 0.717) is 5.92 Å². The zero-order valence-corrected chi connectivity index (χ0v) is 17.9. The minimum absolute atomic E-state index is 0.00797. The van der Waals surface area contributed by atoms with E-state index in [1.54, 1.807) is 11.3 Å². The molecule has 1 heterocycles. The molecule has 2 rings (SSSR count). The van der Waals surface area contributed by atoms with E-state index < -0.39 is 0 Å². The molecule has 1 aromatic carbocycles. The minimum Gasteiger partial charge on any atom is -0.352 e. The van der Waals surface area contributed by atoms with E-state index in [1.165, 1.54) is 5.56 Å². The molecule has 0 fully saturated rings. The van der Waals surface area contributed by atoms with E-state index in [0.717, 1.165) is 16.9 Å². The number of hydrogen-bond acceptors (Lipinski definition) is 4. The number of rotatable bonds is 10. The van der Waals surface area contributed by atoms with Crippen LogP contribution < -0.4 is 16.0 Å². The average molecular weight is 402 g/mol. The predicted molar refractivity (Wildman–Crippen MR) is 116 cm³/mol. The van der Waals surface area contributed by atoms with E-state index in [1.807, 2.05) is 25.3 Å². The third-order valence-corrected chi connectivity index (χ3v) is 5.58. The van der Waals surface area contributed by atoms with Crippen molar-refractivity contribution in [2.75, 3.05) is 13.1 Å². The molecular formula is C22H31N3O2S. The zero-order chi connectivity index (χ0) is 20.5. The van der Waals surface area contributed by atoms with Gasteiger partial charge in [-0.3, -0.25) is 14.9 Å². The van der Waals surface area contributed by atoms with Gasteiger partial charge in [0.25, 0.3) is 0 Å². The second-order valence-corrected chi connectivity index (χ2v) is 8.28. The Morgan fingerprint density at radius 2 is 1.64 bits per heavy atom. The highest BCUT2D eigenvalue weighted by atomic mass is 32.1. The molecule has 2 amide bonds. The molecule has 2 atom stereocenters. The molecule has 0 saturated heterocycles. The van der Waals surface area contributed by atoms with Gasteiger partial charge in [0.1, 0.15) is 0 Å². The summed E-state index contributed by atoms with van der Waals surface area (Å²) < 4.78 is 0. The molecular weight excluding hydrogens is 370 g/mol. The lowest BCUT2D eigenvalue weighted by atomic mass is 9.95. The quantitative estimate of drug-likeness (QED) is 0.570. The molecule has 0 aliphatic heterocycles. The van der Waals surface area contributed by atoms with Crippen LogP contribution >= 0.6 is 11.3 Å². The maximum atomic E-state index is 12.2. The molecule has 0 saturated carbocycles. The van der Waals surface area contributed by atoms with Gasteiger partial charge in [0, 0.05) is 10.9 Å². The van der Waals surface area contributed by atoms with Gasteiger partial charge in [-0.1, -0.05) is 44.2 Å². The second kappa shape index (κ2) is 11.0. The molecule has 0 unspecified atom stereocenters. The predicted octanol–water partition coefficient (Wildman–Crippen LogP) is 3.58. The number of hydrogen-bond donors (Lipinski definition) is 3. The smallest absolute Gasteiger partial charge is 0.239 e. The van der Waals surface area contributed by atoms with Gasteiger partial charge in [-0.05, 0) is 48.8 Å². The summed E-state index contributed by atoms with van der Waals surface area (Å²) >= 11 is 1.66. The van der Waals surface area contributed by atoms with Crippen LogP contribution in [0.4, 0.5) is 0 Å². The topological polar surface area (TPSA) is 70.2 Å². The van der Waals surface area contributed by atoms with Crippen molar-refractivity contribution in [1.29, 1.82) is 0 Å². The van der Waals surface area contributed by atoms with Gasteiger partial charge in [0.15, 0.2) is 0 Å². The fourth-order valence-corrected chi connectivity index (χ4v) is 3.73. The number of benzene rings is 1. The Balaban J connectivity index is 1.99. The van der Waals surface area contributed by atoms with Crippen LogP contribution in [0.5, 0.6) is 0 Å². The Hall–Kier alpha value is -2.18. The van der Waals surface area contributed by atoms with Gasteiger partial charge >= 0.3 is 0 Å². The maximum absolute atomic E-state index is 12.2. The molecule has 152 valence electrons. The molecule has 28 heavy (non-hydrogen) atoms. The Bertz CT molecular complexity index is 742. The van der Waals surface area contributed by atoms with Crippen LogP contribution in [0.1, 0.15) is 62.1 Å². The lowest BCUT2D eigenvalue weighted by molar-refractivity contribution is -0.125. The Morgan fingerprint density at radius 3 is 2.21 bits per heavy atom. The highest BCUT2D eigenvalue weighted by molar-refractivity contribution is 7.10. The summed E-state index contributed by atoms with van der Waals surface area (Å²) in [5.41, 5.74) is 2.45. The van der Waals surface area contributed by atoms with Crippen molar-refractivity contribution in [3.05, 3.63) is 57.8 Å². The van der Waals surface area contributed by atoms with Crippen LogP contribution in [0.15, 0.2) is 41.8 Å². The van der Waals surface area contributed by atoms with Crippen molar-refractivity contribution in [2.45, 2.75) is 52.1 Å². The van der Waals surface area contributed by atoms with Crippen LogP contribution in [0.25, 0.3) is 0 Å². The summed E-state index contributed by atoms with van der Waals surface area (Å²) in [6.07, 6.45) is 1.11. The number of carbonyl (C=O) groups excluding carboxylic acids is 2. The summed E-state index contributed by atoms with van der Waals surface area (Å²) in [5, 5.41) is 10.8. The van der Waals surface area contributed by atoms with Crippen LogP contribution in [0.3, 0.4) is 0 Å². The molecule has 3 N–H and O–H groups in total. The molecule has 0 radical (unpaired) electrons. The lowest BCUT2D eigenvalue weighted by Crippen LogP contribution is -2.43. The van der Waals surface area contributed by atoms with Crippen LogP contribution in [-0.2, 0) is 9.59 Å². The van der Waals surface area contributed by atoms with Gasteiger partial charge in [-0.25, -0.2) is 0 Å². The van der Waals surface area contributed by atoms with E-state index in [2.05, 4.69) is 60.1 Å². The summed E-state index contributed by atoms with van der Waals surface area (Å²) in [7, 11) is 0. The van der Waals surface area contributed by atoms with Gasteiger partial charge in [0.2, 0.25) is 11.8 Å². The van der Waals surface area contributed by atoms with E-state index in [4.69, 9.17) is 0 Å². The Labute approximate surface area is 171 Å². The first-order valence-corrected chi connectivity index (χ1v) is 10.7. The van der Waals surface area contributed by atoms with Gasteiger partial charge in [-0.15, -0.1) is 11.3 Å². The molecule has 5 nitrogen and oxygen atoms in total. The highest BCUT2D eigenvalue weighted by Crippen LogP contribution is 2.27. The van der Waals surface area contributed by atoms with Crippen LogP contribution in [0.2, 0.25) is 0 Å². The SMILES string of the molecule is CC[C@@H](C)c1ccc([C@H](NCC(=O)NCC(=O)NC(C)C)c2cccs2)cc1. The fourth-order valence-electron chi connectivity index (χ4n) is 2.90. The summed E-state index contributed by atoms with van der Waals surface area (Å²) in [6.45, 7) is 8.33. The first-order valence-electron chi connectivity index (χ1n) is 9.83. The summed E-state index contributed by atoms with van der Waals surface area (Å²) in [5.74, 6) is 0.153. The normalized spacial score (nSPS) is 13.2. The molecule has 0 spiro atoms. The minimum atomic E-state index is -0.198. The van der Waals surface area contributed by atoms with E-state index >= 15 is 0 Å². The Morgan fingerprint density at radius 1 is 0.964 bits per heavy atom. The number of carbonyl (C=O) groups is 2. The highest BCUT2D eigenvalue weighted by Gasteiger charge is 2.17. The molecule has 0 aliphatic rings. The molecule has 6 heteroatoms. The van der Waals surface area contributed by atoms with Crippen molar-refractivity contribution < 1.29 is 9.59 Å². The van der Waals surface area contributed by atoms with Gasteiger partial charge in [-0.2, -0.15) is 0 Å². The summed E-state index contributed by atoms with van der Waals surface area (Å²) in [4.78, 5) is 25.0. The largest absolute Gasteiger partial charge is 0.352 e. The molecule has 0 aliphatic carbocycles. The maximum Gasteiger partial charge on any atom is 0.239 e. The van der Waals surface area contributed by atoms with Gasteiger partial charge in [0.05, 0.1) is 19.1 Å². The van der Waals surface area contributed by atoms with Crippen molar-refractivity contribution in [1.82, 2.24) is 16.0 Å². The third-order valence-electron chi connectivity index (χ3n) is 4.64. The van der Waals surface area contributed by atoms with Crippen molar-refractivity contribution >= 4 is 23.2 Å². The lowest BCUT2D eigenvalue weighted by Gasteiger charge is -2.19. The van der Waals surface area contributed by atoms with E-state index in [9.17, 15) is 9.59 Å². The van der Waals surface area contributed by atoms with Crippen molar-refractivity contribution in [2.24, 2.45) is 0 Å². The third kappa shape index (κ3) is 6.77. The first kappa shape index (κ1) is 22.1. The first-order chi connectivity index (χ1) is 13.4. The van der Waals surface area contributed by atoms with Gasteiger partial charge < -0.3 is 10.6 Å². The van der Waals surface area contributed by atoms with Crippen molar-refractivity contribution in [3.8, 4) is 0 Å². The van der Waals surface area contributed by atoms with Crippen LogP contribution in [-0.4, -0.2) is 30.9 Å². The Kier molecular flexibility index (Phi) is 8.67. The van der Waals surface area contributed by atoms with E-state index in [-0.39, 0.29) is 37.0 Å². The second-order valence-electron chi connectivity index (χ2n) is 7.30.